The minimum atomic E-state index is -1.05. The fourth-order valence-electron chi connectivity index (χ4n) is 5.64. The number of thioether (sulfide) groups is 2. The van der Waals surface area contributed by atoms with Gasteiger partial charge >= 0.3 is 5.97 Å². The van der Waals surface area contributed by atoms with Gasteiger partial charge in [-0.1, -0.05) is 71.7 Å². The van der Waals surface area contributed by atoms with Crippen LogP contribution in [0.2, 0.25) is 0 Å². The molecule has 2 aliphatic heterocycles. The number of ether oxygens (including phenoxy) is 1. The normalized spacial score (nSPS) is 14.4. The Bertz CT molecular complexity index is 2180. The van der Waals surface area contributed by atoms with Gasteiger partial charge in [-0.25, -0.2) is 4.79 Å². The minimum absolute atomic E-state index is 0.211. The Kier molecular flexibility index (Phi) is 7.45. The van der Waals surface area contributed by atoms with Crippen LogP contribution in [0.15, 0.2) is 96.6 Å². The minimum Gasteiger partial charge on any atom is -0.457 e. The van der Waals surface area contributed by atoms with Crippen molar-refractivity contribution in [1.82, 2.24) is 0 Å². The Morgan fingerprint density at radius 2 is 1.30 bits per heavy atom. The first-order valence-electron chi connectivity index (χ1n) is 13.7. The molecule has 0 atom stereocenters. The molecule has 1 aliphatic carbocycles. The monoisotopic (exact) mass is 683 g/mol. The van der Waals surface area contributed by atoms with Crippen molar-refractivity contribution in [2.75, 3.05) is 6.61 Å². The summed E-state index contributed by atoms with van der Waals surface area (Å²) < 4.78 is 6.65. The molecule has 15 heteroatoms. The predicted octanol–water partition coefficient (Wildman–Crippen LogP) is 8.37. The van der Waals surface area contributed by atoms with Crippen LogP contribution >= 0.6 is 35.3 Å². The molecular weight excluding hydrogens is 667 g/mol. The molecule has 0 saturated heterocycles. The number of allylic oxidation sites excluding steroid dienone is 1. The molecule has 232 valence electrons. The fourth-order valence-corrected chi connectivity index (χ4v) is 9.40. The van der Waals surface area contributed by atoms with Crippen LogP contribution < -0.4 is 0 Å². The molecule has 0 aromatic heterocycles. The number of fused-ring (bicyclic) bond motifs is 5. The summed E-state index contributed by atoms with van der Waals surface area (Å²) in [5.41, 5.74) is -0.659. The first kappa shape index (κ1) is 30.4. The fraction of sp³-hybridized carbons (Fsp3) is 0.0625. The van der Waals surface area contributed by atoms with E-state index in [0.29, 0.717) is 6.07 Å². The van der Waals surface area contributed by atoms with E-state index >= 15 is 0 Å². The molecule has 0 bridgehead atoms. The van der Waals surface area contributed by atoms with E-state index in [9.17, 15) is 39.9 Å². The van der Waals surface area contributed by atoms with E-state index in [1.807, 2.05) is 31.2 Å². The van der Waals surface area contributed by atoms with Gasteiger partial charge in [-0.2, -0.15) is 0 Å². The largest absolute Gasteiger partial charge is 0.457 e. The van der Waals surface area contributed by atoms with Gasteiger partial charge in [0, 0.05) is 60.1 Å². The summed E-state index contributed by atoms with van der Waals surface area (Å²) in [4.78, 5) is 63.4. The van der Waals surface area contributed by atoms with Gasteiger partial charge < -0.3 is 4.74 Å². The molecule has 0 saturated carbocycles. The third kappa shape index (κ3) is 5.08. The van der Waals surface area contributed by atoms with Crippen LogP contribution in [0.5, 0.6) is 0 Å². The quantitative estimate of drug-likeness (QED) is 0.0933. The van der Waals surface area contributed by atoms with Gasteiger partial charge in [0.2, 0.25) is 0 Å². The Morgan fingerprint density at radius 3 is 1.89 bits per heavy atom. The van der Waals surface area contributed by atoms with Crippen molar-refractivity contribution in [3.8, 4) is 11.1 Å². The molecule has 0 N–H and O–H groups in total. The molecule has 0 radical (unpaired) electrons. The maximum absolute atomic E-state index is 13.6. The van der Waals surface area contributed by atoms with Crippen molar-refractivity contribution in [3.63, 3.8) is 0 Å². The summed E-state index contributed by atoms with van der Waals surface area (Å²) in [6.45, 7) is 1.68. The molecule has 47 heavy (non-hydrogen) atoms. The van der Waals surface area contributed by atoms with Gasteiger partial charge in [0.25, 0.3) is 17.1 Å². The number of non-ortho nitro benzene ring substituents is 2. The molecule has 12 nitrogen and oxygen atoms in total. The van der Waals surface area contributed by atoms with Crippen LogP contribution in [0.1, 0.15) is 44.3 Å². The maximum Gasteiger partial charge on any atom is 0.339 e. The van der Waals surface area contributed by atoms with E-state index in [-0.39, 0.29) is 23.3 Å². The van der Waals surface area contributed by atoms with E-state index in [2.05, 4.69) is 24.3 Å². The third-order valence-corrected chi connectivity index (χ3v) is 11.5. The Hall–Kier alpha value is -5.25. The summed E-state index contributed by atoms with van der Waals surface area (Å²) in [7, 11) is 0. The number of ketones is 1. The van der Waals surface area contributed by atoms with Gasteiger partial charge in [-0.15, -0.1) is 0 Å². The second-order valence-corrected chi connectivity index (χ2v) is 14.1. The second-order valence-electron chi connectivity index (χ2n) is 10.4. The molecule has 0 unspecified atom stereocenters. The number of carbonyl (C=O) groups excluding carboxylic acids is 2. The number of nitro groups is 3. The summed E-state index contributed by atoms with van der Waals surface area (Å²) >= 11 is 4.67. The smallest absolute Gasteiger partial charge is 0.339 e. The Morgan fingerprint density at radius 1 is 0.723 bits per heavy atom. The zero-order valence-corrected chi connectivity index (χ0v) is 26.3. The average molecular weight is 684 g/mol. The maximum atomic E-state index is 13.6. The summed E-state index contributed by atoms with van der Waals surface area (Å²) in [5, 5.41) is 35.2. The van der Waals surface area contributed by atoms with Crippen molar-refractivity contribution < 1.29 is 29.1 Å². The van der Waals surface area contributed by atoms with Gasteiger partial charge in [-0.05, 0) is 30.2 Å². The SMILES string of the molecule is CC1=C(COC(=O)c2cc([N+](=O)[O-])cc3c2-c2c(cc([N+](=O)[O-])cc2[N+](=O)[O-])C3=O)SC(=C2c3ccccc3Sc3ccccc32)S1. The number of hydrogen-bond donors (Lipinski definition) is 0. The molecule has 0 amide bonds. The zero-order chi connectivity index (χ0) is 33.1. The van der Waals surface area contributed by atoms with Crippen molar-refractivity contribution in [3.05, 3.63) is 145 Å². The van der Waals surface area contributed by atoms with Crippen molar-refractivity contribution in [1.29, 1.82) is 0 Å². The topological polar surface area (TPSA) is 173 Å². The van der Waals surface area contributed by atoms with Crippen LogP contribution in [-0.4, -0.2) is 33.1 Å². The highest BCUT2D eigenvalue weighted by Crippen LogP contribution is 2.57. The molecule has 0 spiro atoms. The highest BCUT2D eigenvalue weighted by atomic mass is 32.2. The lowest BCUT2D eigenvalue weighted by Crippen LogP contribution is -2.10. The average Bonchev–Trinajstić information content (AvgIpc) is 3.57. The van der Waals surface area contributed by atoms with Crippen LogP contribution in [0.3, 0.4) is 0 Å². The molecule has 2 heterocycles. The van der Waals surface area contributed by atoms with Gasteiger partial charge in [0.15, 0.2) is 5.78 Å². The van der Waals surface area contributed by atoms with Crippen LogP contribution in [0.4, 0.5) is 17.1 Å². The number of benzene rings is 4. The van der Waals surface area contributed by atoms with E-state index < -0.39 is 54.7 Å². The molecule has 4 aromatic carbocycles. The standard InChI is InChI=1S/C32H17N3O9S3/c1-15-26(47-32(45-15)28-18-6-2-4-8-24(18)46-25-9-5-3-7-19(25)28)14-44-31(37)22-12-16(33(38)39)10-20-27(22)29-21(30(20)36)11-17(34(40)41)13-23(29)35(42)43/h2-13H,14H2,1H3. The van der Waals surface area contributed by atoms with E-state index in [1.165, 1.54) is 23.5 Å². The van der Waals surface area contributed by atoms with Crippen LogP contribution in [-0.2, 0) is 4.74 Å². The van der Waals surface area contributed by atoms with Crippen LogP contribution in [0, 0.1) is 30.3 Å². The first-order valence-corrected chi connectivity index (χ1v) is 16.2. The van der Waals surface area contributed by atoms with E-state index in [4.69, 9.17) is 4.74 Å². The van der Waals surface area contributed by atoms with E-state index in [1.54, 1.807) is 11.8 Å². The highest BCUT2D eigenvalue weighted by molar-refractivity contribution is 8.28. The number of hydrogen-bond acceptors (Lipinski definition) is 12. The molecule has 4 aromatic rings. The van der Waals surface area contributed by atoms with Gasteiger partial charge in [-0.3, -0.25) is 35.1 Å². The lowest BCUT2D eigenvalue weighted by atomic mass is 9.97. The lowest BCUT2D eigenvalue weighted by molar-refractivity contribution is -0.393. The zero-order valence-electron chi connectivity index (χ0n) is 23.9. The van der Waals surface area contributed by atoms with E-state index in [0.717, 1.165) is 58.7 Å². The molecule has 3 aliphatic rings. The van der Waals surface area contributed by atoms with Crippen molar-refractivity contribution >= 4 is 69.7 Å². The number of carbonyl (C=O) groups is 2. The number of rotatable bonds is 6. The summed E-state index contributed by atoms with van der Waals surface area (Å²) in [6, 6.07) is 19.5. The Balaban J connectivity index is 1.24. The predicted molar refractivity (Wildman–Crippen MR) is 176 cm³/mol. The number of nitro benzene ring substituents is 3. The van der Waals surface area contributed by atoms with Crippen LogP contribution in [0.25, 0.3) is 16.7 Å². The lowest BCUT2D eigenvalue weighted by Gasteiger charge is -2.23. The Labute approximate surface area is 277 Å². The second kappa shape index (κ2) is 11.5. The summed E-state index contributed by atoms with van der Waals surface area (Å²) in [6.07, 6.45) is 0. The van der Waals surface area contributed by atoms with Crippen molar-refractivity contribution in [2.45, 2.75) is 16.7 Å². The number of nitrogens with zero attached hydrogens (tertiary/aromatic N) is 3. The number of esters is 1. The highest BCUT2D eigenvalue weighted by Gasteiger charge is 2.41. The molecule has 7 rings (SSSR count). The molecule has 0 fully saturated rings. The molecular formula is C32H17N3O9S3. The first-order chi connectivity index (χ1) is 22.5. The van der Waals surface area contributed by atoms with Gasteiger partial charge in [0.1, 0.15) is 6.61 Å². The summed E-state index contributed by atoms with van der Waals surface area (Å²) in [5.74, 6) is -1.96. The third-order valence-electron chi connectivity index (χ3n) is 7.73. The van der Waals surface area contributed by atoms with Crippen molar-refractivity contribution in [2.24, 2.45) is 0 Å². The van der Waals surface area contributed by atoms with Gasteiger partial charge in [0.05, 0.1) is 36.2 Å².